The van der Waals surface area contributed by atoms with Crippen LogP contribution in [0.1, 0.15) is 21.5 Å². The van der Waals surface area contributed by atoms with Gasteiger partial charge in [-0.2, -0.15) is 0 Å². The number of nitrogens with one attached hydrogen (secondary N) is 1. The molecule has 0 bridgehead atoms. The Balaban J connectivity index is 1.62. The summed E-state index contributed by atoms with van der Waals surface area (Å²) in [6.45, 7) is 0.920. The Hall–Kier alpha value is -3.27. The van der Waals surface area contributed by atoms with E-state index >= 15 is 0 Å². The molecule has 0 aliphatic rings. The number of carbonyl (C=O) groups excluding carboxylic acids is 1. The lowest BCUT2D eigenvalue weighted by molar-refractivity contribution is 0.0954. The van der Waals surface area contributed by atoms with Crippen molar-refractivity contribution >= 4 is 5.91 Å². The molecule has 0 radical (unpaired) electrons. The van der Waals surface area contributed by atoms with Gasteiger partial charge in [0.1, 0.15) is 18.1 Å². The quantitative estimate of drug-likeness (QED) is 0.653. The average molecular weight is 361 g/mol. The van der Waals surface area contributed by atoms with E-state index in [0.717, 1.165) is 17.7 Å². The summed E-state index contributed by atoms with van der Waals surface area (Å²) in [7, 11) is 1.61. The van der Waals surface area contributed by atoms with Gasteiger partial charge in [0.2, 0.25) is 0 Å². The summed E-state index contributed by atoms with van der Waals surface area (Å²) < 4.78 is 11.2. The normalized spacial score (nSPS) is 10.3. The highest BCUT2D eigenvalue weighted by atomic mass is 16.5. The maximum atomic E-state index is 12.5. The second kappa shape index (κ2) is 9.43. The monoisotopic (exact) mass is 361 g/mol. The zero-order valence-electron chi connectivity index (χ0n) is 15.4. The van der Waals surface area contributed by atoms with E-state index in [1.807, 2.05) is 54.6 Å². The van der Waals surface area contributed by atoms with E-state index in [1.165, 1.54) is 5.56 Å². The first-order valence-corrected chi connectivity index (χ1v) is 8.93. The Morgan fingerprint density at radius 2 is 1.63 bits per heavy atom. The molecule has 0 aromatic heterocycles. The van der Waals surface area contributed by atoms with E-state index in [2.05, 4.69) is 17.4 Å². The van der Waals surface area contributed by atoms with Gasteiger partial charge < -0.3 is 14.8 Å². The predicted molar refractivity (Wildman–Crippen MR) is 106 cm³/mol. The standard InChI is InChI=1S/C23H23NO3/c1-26-22-13-12-19(16-20(22)17-27-21-10-6-3-7-11-21)23(25)24-15-14-18-8-4-2-5-9-18/h2-13,16H,14-15,17H2,1H3,(H,24,25). The SMILES string of the molecule is COc1ccc(C(=O)NCCc2ccccc2)cc1COc1ccccc1. The fourth-order valence-electron chi connectivity index (χ4n) is 2.78. The second-order valence-electron chi connectivity index (χ2n) is 6.12. The molecule has 0 aliphatic carbocycles. The van der Waals surface area contributed by atoms with Crippen LogP contribution in [-0.2, 0) is 13.0 Å². The molecule has 0 unspecified atom stereocenters. The summed E-state index contributed by atoms with van der Waals surface area (Å²) in [5, 5.41) is 2.97. The van der Waals surface area contributed by atoms with Gasteiger partial charge in [-0.1, -0.05) is 48.5 Å². The van der Waals surface area contributed by atoms with Gasteiger partial charge in [-0.15, -0.1) is 0 Å². The van der Waals surface area contributed by atoms with E-state index in [-0.39, 0.29) is 5.91 Å². The van der Waals surface area contributed by atoms with Crippen molar-refractivity contribution < 1.29 is 14.3 Å². The number of hydrogen-bond acceptors (Lipinski definition) is 3. The molecule has 3 rings (SSSR count). The van der Waals surface area contributed by atoms with E-state index in [0.29, 0.717) is 24.5 Å². The lowest BCUT2D eigenvalue weighted by Gasteiger charge is -2.12. The molecule has 27 heavy (non-hydrogen) atoms. The van der Waals surface area contributed by atoms with Crippen LogP contribution in [0.3, 0.4) is 0 Å². The molecule has 1 amide bonds. The molecule has 0 aliphatic heterocycles. The fourth-order valence-corrected chi connectivity index (χ4v) is 2.78. The van der Waals surface area contributed by atoms with Gasteiger partial charge in [-0.05, 0) is 42.3 Å². The lowest BCUT2D eigenvalue weighted by atomic mass is 10.1. The molecule has 0 fully saturated rings. The van der Waals surface area contributed by atoms with Crippen LogP contribution in [0.5, 0.6) is 11.5 Å². The summed E-state index contributed by atoms with van der Waals surface area (Å²) in [4.78, 5) is 12.5. The van der Waals surface area contributed by atoms with E-state index in [4.69, 9.17) is 9.47 Å². The molecule has 4 heteroatoms. The number of benzene rings is 3. The molecule has 3 aromatic carbocycles. The van der Waals surface area contributed by atoms with Gasteiger partial charge in [0, 0.05) is 17.7 Å². The lowest BCUT2D eigenvalue weighted by Crippen LogP contribution is -2.25. The third-order valence-electron chi connectivity index (χ3n) is 4.22. The van der Waals surface area contributed by atoms with Gasteiger partial charge in [0.15, 0.2) is 0 Å². The summed E-state index contributed by atoms with van der Waals surface area (Å²) in [6, 6.07) is 25.0. The number of methoxy groups -OCH3 is 1. The van der Waals surface area contributed by atoms with Crippen molar-refractivity contribution in [3.05, 3.63) is 95.6 Å². The summed E-state index contributed by atoms with van der Waals surface area (Å²) in [5.74, 6) is 1.37. The maximum Gasteiger partial charge on any atom is 0.251 e. The highest BCUT2D eigenvalue weighted by molar-refractivity contribution is 5.94. The number of carbonyl (C=O) groups is 1. The molecule has 0 spiro atoms. The summed E-state index contributed by atoms with van der Waals surface area (Å²) >= 11 is 0. The van der Waals surface area contributed by atoms with Crippen molar-refractivity contribution in [3.8, 4) is 11.5 Å². The minimum absolute atomic E-state index is 0.102. The van der Waals surface area contributed by atoms with Crippen molar-refractivity contribution in [1.29, 1.82) is 0 Å². The zero-order valence-corrected chi connectivity index (χ0v) is 15.4. The highest BCUT2D eigenvalue weighted by Crippen LogP contribution is 2.22. The molecule has 3 aromatic rings. The van der Waals surface area contributed by atoms with Crippen LogP contribution in [0.2, 0.25) is 0 Å². The molecular formula is C23H23NO3. The Labute approximate surface area is 159 Å². The third kappa shape index (κ3) is 5.35. The fraction of sp³-hybridized carbons (Fsp3) is 0.174. The number of para-hydroxylation sites is 1. The first-order chi connectivity index (χ1) is 13.3. The van der Waals surface area contributed by atoms with Crippen LogP contribution < -0.4 is 14.8 Å². The van der Waals surface area contributed by atoms with Gasteiger partial charge >= 0.3 is 0 Å². The van der Waals surface area contributed by atoms with Gasteiger partial charge in [-0.25, -0.2) is 0 Å². The molecule has 0 atom stereocenters. The summed E-state index contributed by atoms with van der Waals surface area (Å²) in [5.41, 5.74) is 2.62. The Morgan fingerprint density at radius 1 is 0.926 bits per heavy atom. The predicted octanol–water partition coefficient (Wildman–Crippen LogP) is 4.25. The topological polar surface area (TPSA) is 47.6 Å². The number of hydrogen-bond donors (Lipinski definition) is 1. The van der Waals surface area contributed by atoms with Crippen molar-refractivity contribution in [2.75, 3.05) is 13.7 Å². The van der Waals surface area contributed by atoms with Gasteiger partial charge in [0.25, 0.3) is 5.91 Å². The van der Waals surface area contributed by atoms with Crippen molar-refractivity contribution in [3.63, 3.8) is 0 Å². The average Bonchev–Trinajstić information content (AvgIpc) is 2.73. The van der Waals surface area contributed by atoms with Crippen molar-refractivity contribution in [2.45, 2.75) is 13.0 Å². The molecule has 4 nitrogen and oxygen atoms in total. The first-order valence-electron chi connectivity index (χ1n) is 8.93. The van der Waals surface area contributed by atoms with Crippen molar-refractivity contribution in [2.24, 2.45) is 0 Å². The molecule has 138 valence electrons. The number of rotatable bonds is 8. The van der Waals surface area contributed by atoms with E-state index in [1.54, 1.807) is 19.2 Å². The van der Waals surface area contributed by atoms with Crippen LogP contribution in [0.15, 0.2) is 78.9 Å². The highest BCUT2D eigenvalue weighted by Gasteiger charge is 2.11. The Morgan fingerprint density at radius 3 is 2.33 bits per heavy atom. The molecule has 1 N–H and O–H groups in total. The van der Waals surface area contributed by atoms with Crippen LogP contribution in [0.25, 0.3) is 0 Å². The molecule has 0 saturated heterocycles. The minimum atomic E-state index is -0.102. The first kappa shape index (κ1) is 18.5. The zero-order chi connectivity index (χ0) is 18.9. The smallest absolute Gasteiger partial charge is 0.251 e. The number of amides is 1. The molecule has 0 heterocycles. The summed E-state index contributed by atoms with van der Waals surface area (Å²) in [6.07, 6.45) is 0.798. The van der Waals surface area contributed by atoms with Crippen molar-refractivity contribution in [1.82, 2.24) is 5.32 Å². The van der Waals surface area contributed by atoms with E-state index in [9.17, 15) is 4.79 Å². The third-order valence-corrected chi connectivity index (χ3v) is 4.22. The van der Waals surface area contributed by atoms with Gasteiger partial charge in [0.05, 0.1) is 7.11 Å². The molecular weight excluding hydrogens is 338 g/mol. The second-order valence-corrected chi connectivity index (χ2v) is 6.12. The Bertz CT molecular complexity index is 863. The minimum Gasteiger partial charge on any atom is -0.496 e. The van der Waals surface area contributed by atoms with Crippen LogP contribution in [-0.4, -0.2) is 19.6 Å². The maximum absolute atomic E-state index is 12.5. The molecule has 0 saturated carbocycles. The van der Waals surface area contributed by atoms with Crippen LogP contribution in [0, 0.1) is 0 Å². The van der Waals surface area contributed by atoms with Crippen LogP contribution in [0.4, 0.5) is 0 Å². The number of ether oxygens (including phenoxy) is 2. The van der Waals surface area contributed by atoms with Gasteiger partial charge in [-0.3, -0.25) is 4.79 Å². The largest absolute Gasteiger partial charge is 0.496 e. The van der Waals surface area contributed by atoms with E-state index < -0.39 is 0 Å². The Kier molecular flexibility index (Phi) is 6.47. The van der Waals surface area contributed by atoms with Crippen LogP contribution >= 0.6 is 0 Å².